The Bertz CT molecular complexity index is 590. The summed E-state index contributed by atoms with van der Waals surface area (Å²) in [5.41, 5.74) is 8.89. The Hall–Kier alpha value is -2.16. The lowest BCUT2D eigenvalue weighted by Crippen LogP contribution is -2.05. The molecule has 3 nitrogen and oxygen atoms in total. The van der Waals surface area contributed by atoms with E-state index in [0.29, 0.717) is 11.4 Å². The summed E-state index contributed by atoms with van der Waals surface area (Å²) in [6, 6.07) is 5.74. The maximum atomic E-state index is 11.7. The summed E-state index contributed by atoms with van der Waals surface area (Å²) in [6.07, 6.45) is 8.36. The molecule has 0 aliphatic rings. The van der Waals surface area contributed by atoms with Crippen molar-refractivity contribution in [1.29, 1.82) is 0 Å². The summed E-state index contributed by atoms with van der Waals surface area (Å²) in [7, 11) is 0. The summed E-state index contributed by atoms with van der Waals surface area (Å²) < 4.78 is 0. The molecule has 0 aliphatic carbocycles. The molecule has 0 saturated heterocycles. The summed E-state index contributed by atoms with van der Waals surface area (Å²) in [6.45, 7) is 15.5. The van der Waals surface area contributed by atoms with E-state index in [-0.39, 0.29) is 5.78 Å². The molecule has 3 heteroatoms. The number of nitrogens with zero attached hydrogens (tertiary/aromatic N) is 1. The lowest BCUT2D eigenvalue weighted by Gasteiger charge is -2.08. The number of unbranched alkanes of at least 4 members (excludes halogenated alkanes) is 1. The molecule has 0 atom stereocenters. The zero-order chi connectivity index (χ0) is 19.8. The van der Waals surface area contributed by atoms with Crippen molar-refractivity contribution in [2.75, 3.05) is 0 Å². The van der Waals surface area contributed by atoms with Gasteiger partial charge >= 0.3 is 0 Å². The second kappa shape index (κ2) is 15.4. The number of hydrogen-bond donors (Lipinski definition) is 1. The molecule has 1 rings (SSSR count). The number of allylic oxidation sites excluding steroid dienone is 2. The van der Waals surface area contributed by atoms with Gasteiger partial charge in [-0.2, -0.15) is 0 Å². The minimum absolute atomic E-state index is 0.0406. The lowest BCUT2D eigenvalue weighted by molar-refractivity contribution is 0.101. The minimum atomic E-state index is 0.0406. The number of hydrogen-bond acceptors (Lipinski definition) is 2. The first-order valence-corrected chi connectivity index (χ1v) is 9.16. The highest BCUT2D eigenvalue weighted by Gasteiger charge is 2.08. The topological polar surface area (TPSA) is 55.4 Å². The van der Waals surface area contributed by atoms with Crippen LogP contribution in [0.4, 0.5) is 0 Å². The predicted molar refractivity (Wildman–Crippen MR) is 114 cm³/mol. The third-order valence-electron chi connectivity index (χ3n) is 3.14. The first-order chi connectivity index (χ1) is 11.9. The molecule has 0 bridgehead atoms. The second-order valence-corrected chi connectivity index (χ2v) is 5.29. The van der Waals surface area contributed by atoms with Crippen LogP contribution in [0.5, 0.6) is 0 Å². The van der Waals surface area contributed by atoms with Crippen LogP contribution >= 0.6 is 0 Å². The highest BCUT2D eigenvalue weighted by molar-refractivity contribution is 5.98. The molecule has 25 heavy (non-hydrogen) atoms. The molecule has 0 radical (unpaired) electrons. The van der Waals surface area contributed by atoms with Gasteiger partial charge < -0.3 is 5.73 Å². The molecule has 0 heterocycles. The Morgan fingerprint density at radius 1 is 1.12 bits per heavy atom. The van der Waals surface area contributed by atoms with E-state index in [4.69, 9.17) is 5.73 Å². The predicted octanol–water partition coefficient (Wildman–Crippen LogP) is 6.49. The molecule has 1 aromatic rings. The van der Waals surface area contributed by atoms with E-state index in [1.807, 2.05) is 64.1 Å². The van der Waals surface area contributed by atoms with Crippen LogP contribution in [0, 0.1) is 0 Å². The van der Waals surface area contributed by atoms with Crippen molar-refractivity contribution in [3.05, 3.63) is 47.0 Å². The van der Waals surface area contributed by atoms with E-state index in [1.165, 1.54) is 12.8 Å². The number of nitrogens with two attached hydrogens (primary N) is 1. The van der Waals surface area contributed by atoms with Gasteiger partial charge in [0.1, 0.15) is 0 Å². The number of carbonyl (C=O) groups is 1. The normalized spacial score (nSPS) is 11.4. The minimum Gasteiger partial charge on any atom is -0.387 e. The van der Waals surface area contributed by atoms with Gasteiger partial charge in [-0.3, -0.25) is 4.79 Å². The molecule has 0 amide bonds. The van der Waals surface area contributed by atoms with Crippen molar-refractivity contribution in [2.24, 2.45) is 10.7 Å². The molecule has 1 aromatic carbocycles. The fourth-order valence-corrected chi connectivity index (χ4v) is 1.83. The van der Waals surface area contributed by atoms with Gasteiger partial charge in [0.05, 0.1) is 11.5 Å². The standard InChI is InChI=1S/C16H20N2O.C4H10.C2H6/c1-5-7-13-8-9-14(10-15(13)11(3)19)16(6-2)18-12(4)17;1-3-4-2;1-2/h5-10H,1-4H3,(H2,17,18);3-4H2,1-2H3;1-2H3/b7-5-,16-6-;;. The molecule has 140 valence electrons. The average Bonchev–Trinajstić information content (AvgIpc) is 2.62. The molecule has 0 aliphatic heterocycles. The van der Waals surface area contributed by atoms with Gasteiger partial charge in [0, 0.05) is 11.1 Å². The smallest absolute Gasteiger partial charge is 0.160 e. The monoisotopic (exact) mass is 344 g/mol. The van der Waals surface area contributed by atoms with Crippen molar-refractivity contribution in [1.82, 2.24) is 0 Å². The second-order valence-electron chi connectivity index (χ2n) is 5.29. The van der Waals surface area contributed by atoms with Gasteiger partial charge in [0.25, 0.3) is 0 Å². The third kappa shape index (κ3) is 10.3. The molecule has 2 N–H and O–H groups in total. The highest BCUT2D eigenvalue weighted by Crippen LogP contribution is 2.21. The highest BCUT2D eigenvalue weighted by atomic mass is 16.1. The molecule has 0 aromatic heterocycles. The van der Waals surface area contributed by atoms with Crippen molar-refractivity contribution >= 4 is 23.4 Å². The summed E-state index contributed by atoms with van der Waals surface area (Å²) >= 11 is 0. The number of ketones is 1. The Balaban J connectivity index is 0. The van der Waals surface area contributed by atoms with Crippen LogP contribution in [-0.4, -0.2) is 11.6 Å². The molecule has 0 saturated carbocycles. The van der Waals surface area contributed by atoms with Crippen molar-refractivity contribution in [3.63, 3.8) is 0 Å². The first-order valence-electron chi connectivity index (χ1n) is 9.16. The van der Waals surface area contributed by atoms with E-state index >= 15 is 0 Å². The Morgan fingerprint density at radius 2 is 1.68 bits per heavy atom. The molecule has 0 spiro atoms. The van der Waals surface area contributed by atoms with Crippen molar-refractivity contribution < 1.29 is 4.79 Å². The Morgan fingerprint density at radius 3 is 2.04 bits per heavy atom. The largest absolute Gasteiger partial charge is 0.387 e. The number of rotatable bonds is 5. The van der Waals surface area contributed by atoms with E-state index in [0.717, 1.165) is 16.8 Å². The Kier molecular flexibility index (Phi) is 15.4. The van der Waals surface area contributed by atoms with Crippen LogP contribution < -0.4 is 5.73 Å². The van der Waals surface area contributed by atoms with E-state index < -0.39 is 0 Å². The van der Waals surface area contributed by atoms with Crippen molar-refractivity contribution in [3.8, 4) is 0 Å². The molecular weight excluding hydrogens is 308 g/mol. The van der Waals surface area contributed by atoms with E-state index in [2.05, 4.69) is 18.8 Å². The van der Waals surface area contributed by atoms with Gasteiger partial charge in [-0.25, -0.2) is 4.99 Å². The van der Waals surface area contributed by atoms with E-state index in [1.54, 1.807) is 13.8 Å². The van der Waals surface area contributed by atoms with Crippen LogP contribution in [0.1, 0.15) is 89.7 Å². The fraction of sp³-hybridized carbons (Fsp3) is 0.455. The summed E-state index contributed by atoms with van der Waals surface area (Å²) in [5.74, 6) is 0.536. The number of benzene rings is 1. The van der Waals surface area contributed by atoms with Gasteiger partial charge in [0.2, 0.25) is 0 Å². The number of aliphatic imine (C=N–C) groups is 1. The van der Waals surface area contributed by atoms with Crippen LogP contribution in [-0.2, 0) is 0 Å². The van der Waals surface area contributed by atoms with Crippen LogP contribution in [0.2, 0.25) is 0 Å². The van der Waals surface area contributed by atoms with Crippen LogP contribution in [0.15, 0.2) is 35.3 Å². The van der Waals surface area contributed by atoms with Crippen LogP contribution in [0.25, 0.3) is 11.8 Å². The zero-order valence-corrected chi connectivity index (χ0v) is 17.3. The fourth-order valence-electron chi connectivity index (χ4n) is 1.83. The Labute approximate surface area is 154 Å². The lowest BCUT2D eigenvalue weighted by atomic mass is 9.99. The SMILES string of the molecule is C/C=C\c1ccc(/C(=C/C)N=C(C)N)cc1C(C)=O.CC.CCCC. The molecule has 0 unspecified atom stereocenters. The number of carbonyl (C=O) groups excluding carboxylic acids is 1. The molecule has 0 fully saturated rings. The van der Waals surface area contributed by atoms with Gasteiger partial charge in [-0.1, -0.05) is 70.9 Å². The average molecular weight is 345 g/mol. The van der Waals surface area contributed by atoms with Gasteiger partial charge in [0.15, 0.2) is 5.78 Å². The van der Waals surface area contributed by atoms with Crippen molar-refractivity contribution in [2.45, 2.75) is 68.2 Å². The van der Waals surface area contributed by atoms with Crippen LogP contribution in [0.3, 0.4) is 0 Å². The quantitative estimate of drug-likeness (QED) is 0.377. The molecular formula is C22H36N2O. The maximum absolute atomic E-state index is 11.7. The maximum Gasteiger partial charge on any atom is 0.160 e. The third-order valence-corrected chi connectivity index (χ3v) is 3.14. The summed E-state index contributed by atoms with van der Waals surface area (Å²) in [4.78, 5) is 16.0. The number of Topliss-reactive ketones (excluding diaryl/α,β-unsaturated/α-hetero) is 1. The number of amidine groups is 1. The zero-order valence-electron chi connectivity index (χ0n) is 17.3. The van der Waals surface area contributed by atoms with E-state index in [9.17, 15) is 4.79 Å². The summed E-state index contributed by atoms with van der Waals surface area (Å²) in [5, 5.41) is 0. The van der Waals surface area contributed by atoms with Gasteiger partial charge in [-0.15, -0.1) is 0 Å². The van der Waals surface area contributed by atoms with Gasteiger partial charge in [-0.05, 0) is 39.3 Å². The first kappa shape index (κ1) is 25.1.